The maximum atomic E-state index is 12.3. The van der Waals surface area contributed by atoms with E-state index in [1.54, 1.807) is 39.8 Å². The van der Waals surface area contributed by atoms with E-state index in [2.05, 4.69) is 21.2 Å². The van der Waals surface area contributed by atoms with Gasteiger partial charge in [-0.1, -0.05) is 35.0 Å². The van der Waals surface area contributed by atoms with Crippen LogP contribution >= 0.6 is 28.3 Å². The third-order valence-corrected chi connectivity index (χ3v) is 3.77. The first-order valence-electron chi connectivity index (χ1n) is 7.18. The summed E-state index contributed by atoms with van der Waals surface area (Å²) in [6.07, 6.45) is -0.173. The Labute approximate surface area is 151 Å². The minimum Gasteiger partial charge on any atom is -0.463 e. The lowest BCUT2D eigenvalue weighted by Gasteiger charge is -2.25. The number of amides is 1. The topological polar surface area (TPSA) is 81.4 Å². The van der Waals surface area contributed by atoms with Gasteiger partial charge < -0.3 is 15.8 Å². The highest BCUT2D eigenvalue weighted by molar-refractivity contribution is 9.10. The van der Waals surface area contributed by atoms with Crippen LogP contribution < -0.4 is 11.1 Å². The molecule has 0 heterocycles. The van der Waals surface area contributed by atoms with Crippen molar-refractivity contribution in [2.45, 2.75) is 39.3 Å². The van der Waals surface area contributed by atoms with Crippen molar-refractivity contribution in [2.24, 2.45) is 11.7 Å². The molecule has 1 rings (SSSR count). The number of carbonyl (C=O) groups is 2. The van der Waals surface area contributed by atoms with Gasteiger partial charge >= 0.3 is 5.97 Å². The molecule has 1 aromatic carbocycles. The van der Waals surface area contributed by atoms with Gasteiger partial charge in [0.2, 0.25) is 5.91 Å². The molecule has 7 heteroatoms. The van der Waals surface area contributed by atoms with Crippen LogP contribution in [-0.2, 0) is 19.9 Å². The Morgan fingerprint density at radius 2 is 1.78 bits per heavy atom. The molecule has 0 aliphatic heterocycles. The molecule has 1 amide bonds. The van der Waals surface area contributed by atoms with E-state index in [0.717, 1.165) is 4.47 Å². The Morgan fingerprint density at radius 1 is 1.26 bits per heavy atom. The number of ether oxygens (including phenoxy) is 1. The summed E-state index contributed by atoms with van der Waals surface area (Å²) in [5.41, 5.74) is 5.67. The first kappa shape index (κ1) is 21.9. The van der Waals surface area contributed by atoms with E-state index >= 15 is 0 Å². The van der Waals surface area contributed by atoms with E-state index in [-0.39, 0.29) is 36.9 Å². The van der Waals surface area contributed by atoms with Crippen molar-refractivity contribution >= 4 is 40.2 Å². The van der Waals surface area contributed by atoms with Gasteiger partial charge in [-0.25, -0.2) is 0 Å². The van der Waals surface area contributed by atoms with Gasteiger partial charge in [-0.05, 0) is 38.5 Å². The second-order valence-corrected chi connectivity index (χ2v) is 6.72. The van der Waals surface area contributed by atoms with Crippen LogP contribution in [0.2, 0.25) is 0 Å². The first-order valence-corrected chi connectivity index (χ1v) is 7.97. The number of halogens is 2. The molecule has 1 aromatic rings. The highest BCUT2D eigenvalue weighted by Gasteiger charge is 2.31. The van der Waals surface area contributed by atoms with Crippen LogP contribution in [0.5, 0.6) is 0 Å². The molecule has 23 heavy (non-hydrogen) atoms. The standard InChI is InChI=1S/C16H23BrN2O3.ClH/c1-10(2)22-14(20)11(3)9-19-15(21)16(4,18)12-5-7-13(17)8-6-12;/h5-8,10-11H,9,18H2,1-4H3,(H,19,21);1H. The number of carbonyl (C=O) groups excluding carboxylic acids is 2. The summed E-state index contributed by atoms with van der Waals surface area (Å²) in [7, 11) is 0. The Balaban J connectivity index is 0.00000484. The first-order chi connectivity index (χ1) is 10.1. The van der Waals surface area contributed by atoms with Gasteiger partial charge in [0.15, 0.2) is 0 Å². The summed E-state index contributed by atoms with van der Waals surface area (Å²) in [5, 5.41) is 2.71. The third kappa shape index (κ3) is 6.49. The van der Waals surface area contributed by atoms with Gasteiger partial charge in [-0.3, -0.25) is 9.59 Å². The van der Waals surface area contributed by atoms with Crippen molar-refractivity contribution < 1.29 is 14.3 Å². The molecule has 0 aliphatic carbocycles. The van der Waals surface area contributed by atoms with Crippen molar-refractivity contribution in [3.05, 3.63) is 34.3 Å². The molecule has 2 atom stereocenters. The van der Waals surface area contributed by atoms with Gasteiger partial charge in [0, 0.05) is 11.0 Å². The Morgan fingerprint density at radius 3 is 2.26 bits per heavy atom. The lowest BCUT2D eigenvalue weighted by atomic mass is 9.92. The van der Waals surface area contributed by atoms with E-state index in [1.807, 2.05) is 12.1 Å². The van der Waals surface area contributed by atoms with Gasteiger partial charge in [-0.15, -0.1) is 12.4 Å². The van der Waals surface area contributed by atoms with Crippen LogP contribution in [0.4, 0.5) is 0 Å². The second kappa shape index (κ2) is 9.25. The number of esters is 1. The lowest BCUT2D eigenvalue weighted by molar-refractivity contribution is -0.151. The minimum absolute atomic E-state index is 0. The Kier molecular flexibility index (Phi) is 8.80. The summed E-state index contributed by atoms with van der Waals surface area (Å²) in [6, 6.07) is 7.24. The summed E-state index contributed by atoms with van der Waals surface area (Å²) >= 11 is 3.34. The molecule has 0 aliphatic rings. The highest BCUT2D eigenvalue weighted by atomic mass is 79.9. The number of nitrogens with two attached hydrogens (primary N) is 1. The minimum atomic E-state index is -1.16. The SMILES string of the molecule is CC(C)OC(=O)C(C)CNC(=O)C(C)(N)c1ccc(Br)cc1.Cl. The third-order valence-electron chi connectivity index (χ3n) is 3.24. The summed E-state index contributed by atoms with van der Waals surface area (Å²) in [4.78, 5) is 24.0. The maximum Gasteiger partial charge on any atom is 0.310 e. The summed E-state index contributed by atoms with van der Waals surface area (Å²) in [6.45, 7) is 7.11. The molecular formula is C16H24BrClN2O3. The quantitative estimate of drug-likeness (QED) is 0.710. The monoisotopic (exact) mass is 406 g/mol. The zero-order valence-corrected chi connectivity index (χ0v) is 16.2. The van der Waals surface area contributed by atoms with Gasteiger partial charge in [0.1, 0.15) is 5.54 Å². The summed E-state index contributed by atoms with van der Waals surface area (Å²) < 4.78 is 6.02. The predicted molar refractivity (Wildman–Crippen MR) is 96.3 cm³/mol. The smallest absolute Gasteiger partial charge is 0.310 e. The van der Waals surface area contributed by atoms with Crippen LogP contribution in [0, 0.1) is 5.92 Å². The van der Waals surface area contributed by atoms with Crippen molar-refractivity contribution in [3.8, 4) is 0 Å². The molecule has 130 valence electrons. The highest BCUT2D eigenvalue weighted by Crippen LogP contribution is 2.20. The van der Waals surface area contributed by atoms with Crippen molar-refractivity contribution in [3.63, 3.8) is 0 Å². The van der Waals surface area contributed by atoms with E-state index in [0.29, 0.717) is 5.56 Å². The molecule has 2 unspecified atom stereocenters. The van der Waals surface area contributed by atoms with Crippen LogP contribution in [-0.4, -0.2) is 24.5 Å². The number of benzene rings is 1. The zero-order valence-electron chi connectivity index (χ0n) is 13.8. The average Bonchev–Trinajstić information content (AvgIpc) is 2.43. The van der Waals surface area contributed by atoms with E-state index in [9.17, 15) is 9.59 Å². The normalized spacial score (nSPS) is 14.4. The number of rotatable bonds is 6. The van der Waals surface area contributed by atoms with Crippen LogP contribution in [0.15, 0.2) is 28.7 Å². The van der Waals surface area contributed by atoms with E-state index in [4.69, 9.17) is 10.5 Å². The Bertz CT molecular complexity index is 533. The number of hydrogen-bond donors (Lipinski definition) is 2. The lowest BCUT2D eigenvalue weighted by Crippen LogP contribution is -2.50. The van der Waals surface area contributed by atoms with Crippen molar-refractivity contribution in [1.29, 1.82) is 0 Å². The number of hydrogen-bond acceptors (Lipinski definition) is 4. The predicted octanol–water partition coefficient (Wildman–Crippen LogP) is 2.75. The number of nitrogens with one attached hydrogen (secondary N) is 1. The second-order valence-electron chi connectivity index (χ2n) is 5.81. The molecule has 0 aromatic heterocycles. The fourth-order valence-corrected chi connectivity index (χ4v) is 2.05. The molecular weight excluding hydrogens is 384 g/mol. The van der Waals surface area contributed by atoms with Crippen LogP contribution in [0.1, 0.15) is 33.3 Å². The fraction of sp³-hybridized carbons (Fsp3) is 0.500. The zero-order chi connectivity index (χ0) is 16.9. The van der Waals surface area contributed by atoms with Gasteiger partial charge in [-0.2, -0.15) is 0 Å². The van der Waals surface area contributed by atoms with E-state index < -0.39 is 11.5 Å². The summed E-state index contributed by atoms with van der Waals surface area (Å²) in [5.74, 6) is -1.09. The van der Waals surface area contributed by atoms with Gasteiger partial charge in [0.25, 0.3) is 0 Å². The largest absolute Gasteiger partial charge is 0.463 e. The Hall–Kier alpha value is -1.11. The average molecular weight is 408 g/mol. The molecule has 0 bridgehead atoms. The molecule has 3 N–H and O–H groups in total. The van der Waals surface area contributed by atoms with E-state index in [1.165, 1.54) is 0 Å². The van der Waals surface area contributed by atoms with Crippen molar-refractivity contribution in [1.82, 2.24) is 5.32 Å². The fourth-order valence-electron chi connectivity index (χ4n) is 1.79. The molecule has 0 saturated heterocycles. The van der Waals surface area contributed by atoms with Crippen LogP contribution in [0.25, 0.3) is 0 Å². The molecule has 0 radical (unpaired) electrons. The molecule has 5 nitrogen and oxygen atoms in total. The molecule has 0 fully saturated rings. The molecule has 0 saturated carbocycles. The molecule has 0 spiro atoms. The van der Waals surface area contributed by atoms with Crippen molar-refractivity contribution in [2.75, 3.05) is 6.54 Å². The maximum absolute atomic E-state index is 12.3. The van der Waals surface area contributed by atoms with Crippen LogP contribution in [0.3, 0.4) is 0 Å². The van der Waals surface area contributed by atoms with Gasteiger partial charge in [0.05, 0.1) is 12.0 Å².